The van der Waals surface area contributed by atoms with Crippen molar-refractivity contribution in [2.75, 3.05) is 6.54 Å². The van der Waals surface area contributed by atoms with E-state index in [2.05, 4.69) is 26.8 Å². The van der Waals surface area contributed by atoms with Crippen LogP contribution in [0.4, 0.5) is 0 Å². The fourth-order valence-corrected chi connectivity index (χ4v) is 7.72. The van der Waals surface area contributed by atoms with Crippen LogP contribution in [-0.2, 0) is 9.59 Å². The largest absolute Gasteiger partial charge is 0.393 e. The molecule has 4 nitrogen and oxygen atoms in total. The summed E-state index contributed by atoms with van der Waals surface area (Å²) in [5.74, 6) is 1.77. The lowest BCUT2D eigenvalue weighted by Crippen LogP contribution is -2.59. The van der Waals surface area contributed by atoms with Gasteiger partial charge in [0.25, 0.3) is 0 Å². The number of piperidine rings is 1. The molecule has 4 aliphatic rings. The second kappa shape index (κ2) is 6.43. The number of hydrogen-bond acceptors (Lipinski definition) is 3. The minimum absolute atomic E-state index is 0.0677. The molecule has 0 radical (unpaired) electrons. The van der Waals surface area contributed by atoms with Crippen molar-refractivity contribution in [2.24, 2.45) is 34.5 Å². The summed E-state index contributed by atoms with van der Waals surface area (Å²) in [5.41, 5.74) is 0.980. The number of nitrogens with zero attached hydrogens (tertiary/aromatic N) is 1. The molecule has 3 fully saturated rings. The van der Waals surface area contributed by atoms with Gasteiger partial charge in [-0.3, -0.25) is 9.59 Å². The van der Waals surface area contributed by atoms with E-state index in [9.17, 15) is 14.7 Å². The first-order valence-corrected chi connectivity index (χ1v) is 10.9. The molecule has 1 saturated heterocycles. The van der Waals surface area contributed by atoms with Gasteiger partial charge in [-0.25, -0.2) is 0 Å². The average molecular weight is 374 g/mol. The highest BCUT2D eigenvalue weighted by molar-refractivity contribution is 5.80. The number of ketones is 1. The predicted octanol–water partition coefficient (Wildman–Crippen LogP) is 3.93. The molecular formula is C23H35NO3. The molecule has 0 aromatic rings. The number of likely N-dealkylation sites (tertiary alicyclic amines) is 1. The fourth-order valence-electron chi connectivity index (χ4n) is 7.72. The molecule has 1 heterocycles. The van der Waals surface area contributed by atoms with Gasteiger partial charge in [0, 0.05) is 30.0 Å². The van der Waals surface area contributed by atoms with Crippen molar-refractivity contribution in [2.45, 2.75) is 78.7 Å². The van der Waals surface area contributed by atoms with Crippen molar-refractivity contribution in [3.05, 3.63) is 11.8 Å². The van der Waals surface area contributed by atoms with E-state index in [0.717, 1.165) is 45.1 Å². The van der Waals surface area contributed by atoms with Gasteiger partial charge in [-0.1, -0.05) is 26.8 Å². The Balaban J connectivity index is 1.73. The van der Waals surface area contributed by atoms with E-state index in [1.807, 2.05) is 4.90 Å². The van der Waals surface area contributed by atoms with Crippen molar-refractivity contribution in [3.63, 3.8) is 0 Å². The molecule has 4 heteroatoms. The Labute approximate surface area is 163 Å². The van der Waals surface area contributed by atoms with E-state index in [1.54, 1.807) is 6.92 Å². The third-order valence-corrected chi connectivity index (χ3v) is 8.74. The van der Waals surface area contributed by atoms with E-state index < -0.39 is 0 Å². The molecule has 0 bridgehead atoms. The first-order valence-electron chi connectivity index (χ1n) is 10.9. The van der Waals surface area contributed by atoms with Gasteiger partial charge >= 0.3 is 0 Å². The Hall–Kier alpha value is -1.16. The number of hydrogen-bond donors (Lipinski definition) is 1. The molecular weight excluding hydrogens is 338 g/mol. The van der Waals surface area contributed by atoms with Gasteiger partial charge in [-0.2, -0.15) is 0 Å². The molecule has 1 N–H and O–H groups in total. The Morgan fingerprint density at radius 2 is 2.07 bits per heavy atom. The number of carbonyl (C=O) groups is 2. The number of aliphatic hydroxyl groups excluding tert-OH is 1. The molecule has 1 aliphatic heterocycles. The molecule has 0 aromatic carbocycles. The average Bonchev–Trinajstić information content (AvgIpc) is 2.94. The molecule has 7 atom stereocenters. The zero-order chi connectivity index (χ0) is 19.6. The second-order valence-corrected chi connectivity index (χ2v) is 10.1. The van der Waals surface area contributed by atoms with Crippen LogP contribution in [0.25, 0.3) is 0 Å². The molecule has 3 aliphatic carbocycles. The maximum atomic E-state index is 12.6. The predicted molar refractivity (Wildman–Crippen MR) is 105 cm³/mol. The van der Waals surface area contributed by atoms with E-state index in [-0.39, 0.29) is 34.7 Å². The number of aliphatic hydroxyl groups is 1. The molecule has 0 aromatic heterocycles. The third-order valence-electron chi connectivity index (χ3n) is 8.74. The van der Waals surface area contributed by atoms with Gasteiger partial charge in [-0.15, -0.1) is 0 Å². The second-order valence-electron chi connectivity index (χ2n) is 10.1. The van der Waals surface area contributed by atoms with Crippen molar-refractivity contribution >= 4 is 11.7 Å². The van der Waals surface area contributed by atoms with Crippen molar-refractivity contribution in [3.8, 4) is 0 Å². The van der Waals surface area contributed by atoms with Crippen molar-refractivity contribution < 1.29 is 14.7 Å². The standard InChI is InChI=1S/C23H35NO3/c1-5-12-24-19-9-6-15-17-8-7-16(14(2)25)23(17,4)13-18(26)21(15)22(19,3)11-10-20(24)27/h9,15-18,21,26H,5-8,10-13H2,1-4H3/t15?,16-,17?,18+,21?,22+,23-/m1/s1. The fraction of sp³-hybridized carbons (Fsp3) is 0.826. The summed E-state index contributed by atoms with van der Waals surface area (Å²) in [4.78, 5) is 26.8. The summed E-state index contributed by atoms with van der Waals surface area (Å²) in [6.45, 7) is 9.17. The van der Waals surface area contributed by atoms with Crippen molar-refractivity contribution in [1.29, 1.82) is 0 Å². The van der Waals surface area contributed by atoms with Crippen LogP contribution in [0, 0.1) is 34.5 Å². The summed E-state index contributed by atoms with van der Waals surface area (Å²) in [7, 11) is 0. The molecule has 150 valence electrons. The lowest BCUT2D eigenvalue weighted by Gasteiger charge is -2.60. The lowest BCUT2D eigenvalue weighted by molar-refractivity contribution is -0.151. The summed E-state index contributed by atoms with van der Waals surface area (Å²) >= 11 is 0. The van der Waals surface area contributed by atoms with Crippen LogP contribution in [0.5, 0.6) is 0 Å². The summed E-state index contributed by atoms with van der Waals surface area (Å²) in [6, 6.07) is 0. The van der Waals surface area contributed by atoms with E-state index in [0.29, 0.717) is 24.0 Å². The lowest BCUT2D eigenvalue weighted by atomic mass is 9.48. The maximum absolute atomic E-state index is 12.6. The summed E-state index contributed by atoms with van der Waals surface area (Å²) in [6.07, 6.45) is 8.05. The first-order chi connectivity index (χ1) is 12.7. The first kappa shape index (κ1) is 19.2. The van der Waals surface area contributed by atoms with Gasteiger partial charge < -0.3 is 10.0 Å². The van der Waals surface area contributed by atoms with Crippen LogP contribution in [0.3, 0.4) is 0 Å². The molecule has 1 amide bonds. The number of carbonyl (C=O) groups excluding carboxylic acids is 2. The van der Waals surface area contributed by atoms with Crippen molar-refractivity contribution in [1.82, 2.24) is 4.90 Å². The van der Waals surface area contributed by atoms with Gasteiger partial charge in [0.2, 0.25) is 5.91 Å². The number of rotatable bonds is 3. The number of fused-ring (bicyclic) bond motifs is 5. The van der Waals surface area contributed by atoms with E-state index >= 15 is 0 Å². The van der Waals surface area contributed by atoms with Crippen LogP contribution >= 0.6 is 0 Å². The normalized spacial score (nSPS) is 46.4. The van der Waals surface area contributed by atoms with Crippen LogP contribution in [0.1, 0.15) is 72.6 Å². The summed E-state index contributed by atoms with van der Waals surface area (Å²) < 4.78 is 0. The Morgan fingerprint density at radius 3 is 2.74 bits per heavy atom. The molecule has 2 saturated carbocycles. The van der Waals surface area contributed by atoms with Gasteiger partial charge in [0.15, 0.2) is 0 Å². The number of allylic oxidation sites excluding steroid dienone is 2. The third kappa shape index (κ3) is 2.58. The SMILES string of the molecule is CCCN1C(=O)CC[C@@]2(C)C1=CCC1C2[C@@H](O)C[C@@]2(C)C1CC[C@@H]2C(C)=O. The molecule has 0 spiro atoms. The molecule has 4 rings (SSSR count). The smallest absolute Gasteiger partial charge is 0.226 e. The van der Waals surface area contributed by atoms with Crippen LogP contribution in [0.2, 0.25) is 0 Å². The maximum Gasteiger partial charge on any atom is 0.226 e. The highest BCUT2D eigenvalue weighted by Crippen LogP contribution is 2.66. The van der Waals surface area contributed by atoms with E-state index in [4.69, 9.17) is 0 Å². The minimum atomic E-state index is -0.387. The zero-order valence-electron chi connectivity index (χ0n) is 17.3. The topological polar surface area (TPSA) is 57.6 Å². The monoisotopic (exact) mass is 373 g/mol. The van der Waals surface area contributed by atoms with Crippen LogP contribution in [0.15, 0.2) is 11.8 Å². The van der Waals surface area contributed by atoms with Gasteiger partial charge in [0.1, 0.15) is 5.78 Å². The highest BCUT2D eigenvalue weighted by atomic mass is 16.3. The quantitative estimate of drug-likeness (QED) is 0.815. The van der Waals surface area contributed by atoms with Gasteiger partial charge in [-0.05, 0) is 68.6 Å². The Kier molecular flexibility index (Phi) is 4.57. The minimum Gasteiger partial charge on any atom is -0.393 e. The van der Waals surface area contributed by atoms with Crippen LogP contribution in [-0.4, -0.2) is 34.3 Å². The van der Waals surface area contributed by atoms with E-state index in [1.165, 1.54) is 5.70 Å². The number of amides is 1. The zero-order valence-corrected chi connectivity index (χ0v) is 17.3. The summed E-state index contributed by atoms with van der Waals surface area (Å²) in [5, 5.41) is 11.4. The molecule has 3 unspecified atom stereocenters. The number of Topliss-reactive ketones (excluding diaryl/α,β-unsaturated/α-hetero) is 1. The Morgan fingerprint density at radius 1 is 1.33 bits per heavy atom. The van der Waals surface area contributed by atoms with Crippen LogP contribution < -0.4 is 0 Å². The Bertz CT molecular complexity index is 685. The highest BCUT2D eigenvalue weighted by Gasteiger charge is 2.63. The van der Waals surface area contributed by atoms with Gasteiger partial charge in [0.05, 0.1) is 6.10 Å². The molecule has 27 heavy (non-hydrogen) atoms.